The summed E-state index contributed by atoms with van der Waals surface area (Å²) in [5.41, 5.74) is 6.51. The monoisotopic (exact) mass is 556 g/mol. The molecule has 0 atom stereocenters. The quantitative estimate of drug-likeness (QED) is 0.212. The van der Waals surface area contributed by atoms with Gasteiger partial charge in [0.05, 0.1) is 12.4 Å². The van der Waals surface area contributed by atoms with E-state index in [1.54, 1.807) is 12.1 Å². The van der Waals surface area contributed by atoms with E-state index in [0.29, 0.717) is 28.6 Å². The fraction of sp³-hybridized carbons (Fsp3) is 0. The molecule has 0 unspecified atom stereocenters. The van der Waals surface area contributed by atoms with Gasteiger partial charge >= 0.3 is 0 Å². The largest absolute Gasteiger partial charge is 0.455 e. The van der Waals surface area contributed by atoms with Gasteiger partial charge in [-0.05, 0) is 40.5 Å². The van der Waals surface area contributed by atoms with Crippen molar-refractivity contribution in [3.8, 4) is 56.4 Å². The second kappa shape index (κ2) is 10.5. The minimum Gasteiger partial charge on any atom is -0.455 e. The van der Waals surface area contributed by atoms with E-state index in [0.717, 1.165) is 44.2 Å². The van der Waals surface area contributed by atoms with Crippen molar-refractivity contribution in [2.45, 2.75) is 0 Å². The van der Waals surface area contributed by atoms with E-state index in [1.165, 1.54) is 0 Å². The van der Waals surface area contributed by atoms with E-state index < -0.39 is 6.04 Å². The molecule has 4 nitrogen and oxygen atoms in total. The third-order valence-corrected chi connectivity index (χ3v) is 7.44. The molecular formula is C39H25N3O. The van der Waals surface area contributed by atoms with Gasteiger partial charge < -0.3 is 4.42 Å². The van der Waals surface area contributed by atoms with Crippen molar-refractivity contribution >= 4 is 21.9 Å². The molecule has 0 amide bonds. The lowest BCUT2D eigenvalue weighted by Crippen LogP contribution is -2.00. The number of hydrogen-bond donors (Lipinski definition) is 0. The lowest BCUT2D eigenvalue weighted by molar-refractivity contribution is 0.669. The minimum absolute atomic E-state index is 0.181. The number of furan rings is 1. The Bertz CT molecular complexity index is 2410. The Morgan fingerprint density at radius 2 is 1.02 bits per heavy atom. The van der Waals surface area contributed by atoms with Gasteiger partial charge in [0.25, 0.3) is 0 Å². The molecule has 8 rings (SSSR count). The van der Waals surface area contributed by atoms with Crippen molar-refractivity contribution in [2.75, 3.05) is 0 Å². The second-order valence-corrected chi connectivity index (χ2v) is 10.1. The molecule has 0 aliphatic heterocycles. The molecule has 202 valence electrons. The molecule has 0 saturated carbocycles. The van der Waals surface area contributed by atoms with Crippen LogP contribution in [0.2, 0.25) is 0 Å². The zero-order valence-electron chi connectivity index (χ0n) is 27.8. The SMILES string of the molecule is [2H]c1c([2H])c([2H])c(-c2ccc(-c3ccc4oc5c(-c6nc(-c7ccccc7)nc(-c7ccccc7)n6)cccc5c4c3)cc2)c([2H])c1[2H]. The zero-order valence-corrected chi connectivity index (χ0v) is 22.8. The van der Waals surface area contributed by atoms with E-state index in [9.17, 15) is 0 Å². The van der Waals surface area contributed by atoms with Crippen LogP contribution in [0.4, 0.5) is 0 Å². The first-order chi connectivity index (χ1) is 23.4. The molecule has 43 heavy (non-hydrogen) atoms. The fourth-order valence-corrected chi connectivity index (χ4v) is 5.31. The Morgan fingerprint density at radius 1 is 0.442 bits per heavy atom. The Morgan fingerprint density at radius 3 is 1.67 bits per heavy atom. The molecule has 8 aromatic rings. The number of para-hydroxylation sites is 1. The summed E-state index contributed by atoms with van der Waals surface area (Å²) in [7, 11) is 0. The summed E-state index contributed by atoms with van der Waals surface area (Å²) in [6.07, 6.45) is 0. The molecular weight excluding hydrogens is 526 g/mol. The maximum absolute atomic E-state index is 8.33. The number of benzene rings is 6. The highest BCUT2D eigenvalue weighted by Crippen LogP contribution is 2.37. The normalized spacial score (nSPS) is 12.9. The van der Waals surface area contributed by atoms with Gasteiger partial charge in [-0.2, -0.15) is 0 Å². The van der Waals surface area contributed by atoms with Crippen molar-refractivity contribution in [3.05, 3.63) is 152 Å². The average molecular weight is 557 g/mol. The van der Waals surface area contributed by atoms with Crippen LogP contribution in [-0.4, -0.2) is 15.0 Å². The number of aromatic nitrogens is 3. The molecule has 0 spiro atoms. The van der Waals surface area contributed by atoms with E-state index in [-0.39, 0.29) is 29.7 Å². The second-order valence-electron chi connectivity index (χ2n) is 10.1. The molecule has 0 bridgehead atoms. The van der Waals surface area contributed by atoms with Crippen LogP contribution in [0, 0.1) is 0 Å². The van der Waals surface area contributed by atoms with Crippen LogP contribution < -0.4 is 0 Å². The van der Waals surface area contributed by atoms with E-state index >= 15 is 0 Å². The first-order valence-electron chi connectivity index (χ1n) is 16.4. The summed E-state index contributed by atoms with van der Waals surface area (Å²) >= 11 is 0. The third-order valence-electron chi connectivity index (χ3n) is 7.44. The molecule has 4 heteroatoms. The number of hydrogen-bond acceptors (Lipinski definition) is 4. The van der Waals surface area contributed by atoms with Crippen LogP contribution >= 0.6 is 0 Å². The van der Waals surface area contributed by atoms with Gasteiger partial charge in [-0.15, -0.1) is 0 Å². The van der Waals surface area contributed by atoms with Crippen molar-refractivity contribution in [1.82, 2.24) is 15.0 Å². The van der Waals surface area contributed by atoms with E-state index in [4.69, 9.17) is 26.2 Å². The molecule has 0 radical (unpaired) electrons. The summed E-state index contributed by atoms with van der Waals surface area (Å²) in [5.74, 6) is 1.65. The Labute approximate surface area is 256 Å². The molecule has 0 aliphatic carbocycles. The maximum atomic E-state index is 8.33. The highest BCUT2D eigenvalue weighted by atomic mass is 16.3. The number of fused-ring (bicyclic) bond motifs is 3. The number of nitrogens with zero attached hydrogens (tertiary/aromatic N) is 3. The first-order valence-corrected chi connectivity index (χ1v) is 13.9. The van der Waals surface area contributed by atoms with Crippen molar-refractivity contribution in [1.29, 1.82) is 0 Å². The summed E-state index contributed by atoms with van der Waals surface area (Å²) in [4.78, 5) is 14.6. The lowest BCUT2D eigenvalue weighted by atomic mass is 9.99. The van der Waals surface area contributed by atoms with Crippen molar-refractivity contribution in [2.24, 2.45) is 0 Å². The highest BCUT2D eigenvalue weighted by Gasteiger charge is 2.18. The molecule has 0 N–H and O–H groups in total. The summed E-state index contributed by atoms with van der Waals surface area (Å²) in [6, 6.07) is 37.4. The standard InChI is InChI=1S/C39H25N3O/c1-4-11-26(12-5-1)27-19-21-28(22-20-27)31-23-24-35-34(25-31)32-17-10-18-33(36(32)43-35)39-41-37(29-13-6-2-7-14-29)40-38(42-39)30-15-8-3-9-16-30/h1-25H/i1D,4D,5D,11D,12D. The summed E-state index contributed by atoms with van der Waals surface area (Å²) < 4.78 is 47.1. The van der Waals surface area contributed by atoms with Gasteiger partial charge in [0.15, 0.2) is 17.5 Å². The third kappa shape index (κ3) is 4.65. The predicted octanol–water partition coefficient (Wildman–Crippen LogP) is 10.1. The molecule has 6 aromatic carbocycles. The van der Waals surface area contributed by atoms with Gasteiger partial charge in [0.1, 0.15) is 11.2 Å². The van der Waals surface area contributed by atoms with Crippen LogP contribution in [0.3, 0.4) is 0 Å². The zero-order chi connectivity index (χ0) is 32.9. The minimum atomic E-state index is -0.405. The van der Waals surface area contributed by atoms with Gasteiger partial charge in [-0.25, -0.2) is 15.0 Å². The van der Waals surface area contributed by atoms with Crippen molar-refractivity contribution in [3.63, 3.8) is 0 Å². The van der Waals surface area contributed by atoms with E-state index in [1.807, 2.05) is 103 Å². The maximum Gasteiger partial charge on any atom is 0.167 e. The first kappa shape index (κ1) is 20.1. The summed E-state index contributed by atoms with van der Waals surface area (Å²) in [5, 5.41) is 1.85. The molecule has 0 saturated heterocycles. The molecule has 2 aromatic heterocycles. The van der Waals surface area contributed by atoms with Gasteiger partial charge in [0.2, 0.25) is 0 Å². The molecule has 0 fully saturated rings. The molecule has 2 heterocycles. The van der Waals surface area contributed by atoms with Crippen LogP contribution in [0.15, 0.2) is 156 Å². The predicted molar refractivity (Wildman–Crippen MR) is 174 cm³/mol. The number of rotatable bonds is 5. The smallest absolute Gasteiger partial charge is 0.167 e. The Hall–Kier alpha value is -5.87. The molecule has 0 aliphatic rings. The van der Waals surface area contributed by atoms with Crippen LogP contribution in [0.1, 0.15) is 6.85 Å². The van der Waals surface area contributed by atoms with Crippen molar-refractivity contribution < 1.29 is 11.3 Å². The summed E-state index contributed by atoms with van der Waals surface area (Å²) in [6.45, 7) is 0. The van der Waals surface area contributed by atoms with Crippen LogP contribution in [0.25, 0.3) is 78.4 Å². The van der Waals surface area contributed by atoms with Crippen LogP contribution in [0.5, 0.6) is 0 Å². The topological polar surface area (TPSA) is 51.8 Å². The fourth-order valence-electron chi connectivity index (χ4n) is 5.31. The lowest BCUT2D eigenvalue weighted by Gasteiger charge is -2.08. The Balaban J connectivity index is 1.22. The van der Waals surface area contributed by atoms with Gasteiger partial charge in [0, 0.05) is 21.9 Å². The van der Waals surface area contributed by atoms with Gasteiger partial charge in [-0.3, -0.25) is 0 Å². The average Bonchev–Trinajstić information content (AvgIpc) is 3.52. The Kier molecular flexibility index (Phi) is 4.91. The van der Waals surface area contributed by atoms with E-state index in [2.05, 4.69) is 6.07 Å². The van der Waals surface area contributed by atoms with Gasteiger partial charge in [-0.1, -0.05) is 133 Å². The highest BCUT2D eigenvalue weighted by molar-refractivity contribution is 6.10. The van der Waals surface area contributed by atoms with Crippen LogP contribution in [-0.2, 0) is 0 Å².